The van der Waals surface area contributed by atoms with E-state index in [1.807, 2.05) is 62.6 Å². The van der Waals surface area contributed by atoms with Gasteiger partial charge in [-0.15, -0.1) is 0 Å². The van der Waals surface area contributed by atoms with Crippen LogP contribution in [0.5, 0.6) is 0 Å². The normalized spacial score (nSPS) is 12.1. The molecule has 0 aliphatic carbocycles. The summed E-state index contributed by atoms with van der Waals surface area (Å²) in [5.74, 6) is -0.147. The lowest BCUT2D eigenvalue weighted by molar-refractivity contribution is 0.0934. The van der Waals surface area contributed by atoms with E-state index in [1.165, 1.54) is 5.56 Å². The van der Waals surface area contributed by atoms with Gasteiger partial charge in [-0.25, -0.2) is 0 Å². The molecule has 1 heterocycles. The quantitative estimate of drug-likeness (QED) is 0.618. The van der Waals surface area contributed by atoms with Crippen LogP contribution in [-0.4, -0.2) is 47.0 Å². The van der Waals surface area contributed by atoms with E-state index in [0.29, 0.717) is 17.0 Å². The van der Waals surface area contributed by atoms with Gasteiger partial charge in [0.1, 0.15) is 5.69 Å². The van der Waals surface area contributed by atoms with Gasteiger partial charge in [0.05, 0.1) is 0 Å². The molecule has 5 nitrogen and oxygen atoms in total. The van der Waals surface area contributed by atoms with Crippen molar-refractivity contribution < 1.29 is 4.79 Å². The van der Waals surface area contributed by atoms with E-state index in [4.69, 9.17) is 12.2 Å². The summed E-state index contributed by atoms with van der Waals surface area (Å²) in [7, 11) is 4.06. The number of para-hydroxylation sites is 1. The first-order valence-electron chi connectivity index (χ1n) is 8.90. The van der Waals surface area contributed by atoms with Crippen LogP contribution in [0.25, 0.3) is 5.69 Å². The topological polar surface area (TPSA) is 53.1 Å². The molecular formula is C21H24N4OS. The number of amides is 1. The number of H-pyrrole nitrogens is 1. The van der Waals surface area contributed by atoms with Gasteiger partial charge >= 0.3 is 0 Å². The molecule has 1 atom stereocenters. The molecule has 0 aliphatic heterocycles. The lowest BCUT2D eigenvalue weighted by Gasteiger charge is -2.25. The third-order valence-electron chi connectivity index (χ3n) is 4.57. The van der Waals surface area contributed by atoms with Crippen molar-refractivity contribution in [2.24, 2.45) is 0 Å². The summed E-state index contributed by atoms with van der Waals surface area (Å²) in [5, 5.41) is 3.06. The fourth-order valence-electron chi connectivity index (χ4n) is 2.99. The number of carbonyl (C=O) groups excluding carboxylic acids is 1. The second-order valence-corrected chi connectivity index (χ2v) is 7.05. The molecule has 6 heteroatoms. The molecule has 1 unspecified atom stereocenters. The summed E-state index contributed by atoms with van der Waals surface area (Å²) in [4.78, 5) is 17.9. The van der Waals surface area contributed by atoms with Gasteiger partial charge in [0.25, 0.3) is 5.91 Å². The number of hydrogen-bond acceptors (Lipinski definition) is 3. The van der Waals surface area contributed by atoms with E-state index in [-0.39, 0.29) is 11.9 Å². The summed E-state index contributed by atoms with van der Waals surface area (Å²) >= 11 is 5.36. The monoisotopic (exact) mass is 380 g/mol. The summed E-state index contributed by atoms with van der Waals surface area (Å²) in [5.41, 5.74) is 2.62. The maximum atomic E-state index is 12.8. The first kappa shape index (κ1) is 19.1. The summed E-state index contributed by atoms with van der Waals surface area (Å²) in [6, 6.07) is 20.1. The number of nitrogens with zero attached hydrogens (tertiary/aromatic N) is 2. The molecule has 2 aromatic carbocycles. The first-order chi connectivity index (χ1) is 13.1. The van der Waals surface area contributed by atoms with Crippen molar-refractivity contribution in [2.75, 3.05) is 20.6 Å². The number of carbonyl (C=O) groups is 1. The number of nitrogens with one attached hydrogen (secondary N) is 2. The van der Waals surface area contributed by atoms with Crippen LogP contribution in [0.3, 0.4) is 0 Å². The van der Waals surface area contributed by atoms with Crippen molar-refractivity contribution in [3.8, 4) is 5.69 Å². The molecule has 0 bridgehead atoms. The molecule has 2 N–H and O–H groups in total. The standard InChI is InChI=1S/C21H24N4OS/c1-24(2)18(13-16-9-5-3-6-10-16)14-22-20(26)19-15-23-21(27)25(19)17-11-7-4-8-12-17/h3-12,15,18H,13-14H2,1-2H3,(H,22,26)(H,23,27). The highest BCUT2D eigenvalue weighted by Gasteiger charge is 2.17. The minimum absolute atomic E-state index is 0.147. The number of rotatable bonds is 7. The molecule has 0 fully saturated rings. The third kappa shape index (κ3) is 4.72. The second-order valence-electron chi connectivity index (χ2n) is 6.67. The predicted octanol–water partition coefficient (Wildman–Crippen LogP) is 3.44. The number of likely N-dealkylation sites (N-methyl/N-ethyl adjacent to an activating group) is 1. The molecule has 27 heavy (non-hydrogen) atoms. The van der Waals surface area contributed by atoms with Crippen LogP contribution >= 0.6 is 12.2 Å². The molecule has 3 rings (SSSR count). The molecule has 3 aromatic rings. The van der Waals surface area contributed by atoms with E-state index in [0.717, 1.165) is 12.1 Å². The van der Waals surface area contributed by atoms with Crippen molar-refractivity contribution in [2.45, 2.75) is 12.5 Å². The lowest BCUT2D eigenvalue weighted by atomic mass is 10.1. The molecule has 0 saturated carbocycles. The number of aromatic nitrogens is 2. The highest BCUT2D eigenvalue weighted by molar-refractivity contribution is 7.71. The highest BCUT2D eigenvalue weighted by atomic mass is 32.1. The minimum atomic E-state index is -0.147. The van der Waals surface area contributed by atoms with E-state index >= 15 is 0 Å². The molecular weight excluding hydrogens is 356 g/mol. The number of imidazole rings is 1. The third-order valence-corrected chi connectivity index (χ3v) is 4.87. The molecule has 1 aromatic heterocycles. The number of benzene rings is 2. The van der Waals surface area contributed by atoms with Crippen LogP contribution in [-0.2, 0) is 6.42 Å². The fraction of sp³-hybridized carbons (Fsp3) is 0.238. The van der Waals surface area contributed by atoms with Crippen LogP contribution in [0, 0.1) is 4.77 Å². The summed E-state index contributed by atoms with van der Waals surface area (Å²) in [6.45, 7) is 0.549. The van der Waals surface area contributed by atoms with Gasteiger partial charge in [-0.1, -0.05) is 48.5 Å². The molecule has 0 radical (unpaired) electrons. The van der Waals surface area contributed by atoms with Gasteiger partial charge in [-0.3, -0.25) is 9.36 Å². The maximum Gasteiger partial charge on any atom is 0.269 e. The van der Waals surface area contributed by atoms with Crippen molar-refractivity contribution in [3.05, 3.63) is 82.9 Å². The minimum Gasteiger partial charge on any atom is -0.349 e. The van der Waals surface area contributed by atoms with Crippen molar-refractivity contribution in [1.29, 1.82) is 0 Å². The molecule has 0 spiro atoms. The van der Waals surface area contributed by atoms with Gasteiger partial charge < -0.3 is 15.2 Å². The Kier molecular flexibility index (Phi) is 6.21. The molecule has 1 amide bonds. The Bertz CT molecular complexity index is 932. The van der Waals surface area contributed by atoms with Gasteiger partial charge in [0.15, 0.2) is 4.77 Å². The highest BCUT2D eigenvalue weighted by Crippen LogP contribution is 2.13. The Morgan fingerprint density at radius 1 is 1.11 bits per heavy atom. The summed E-state index contributed by atoms with van der Waals surface area (Å²) in [6.07, 6.45) is 2.53. The van der Waals surface area contributed by atoms with Crippen molar-refractivity contribution in [1.82, 2.24) is 19.8 Å². The zero-order valence-electron chi connectivity index (χ0n) is 15.6. The van der Waals surface area contributed by atoms with Crippen LogP contribution in [0.2, 0.25) is 0 Å². The smallest absolute Gasteiger partial charge is 0.269 e. The average molecular weight is 381 g/mol. The van der Waals surface area contributed by atoms with Crippen molar-refractivity contribution >= 4 is 18.1 Å². The average Bonchev–Trinajstić information content (AvgIpc) is 3.07. The van der Waals surface area contributed by atoms with Gasteiger partial charge in [0, 0.05) is 24.5 Å². The predicted molar refractivity (Wildman–Crippen MR) is 111 cm³/mol. The SMILES string of the molecule is CN(C)C(CNC(=O)c1c[nH]c(=S)n1-c1ccccc1)Cc1ccccc1. The van der Waals surface area contributed by atoms with Gasteiger partial charge in [-0.2, -0.15) is 0 Å². The van der Waals surface area contributed by atoms with Gasteiger partial charge in [0.2, 0.25) is 0 Å². The van der Waals surface area contributed by atoms with Gasteiger partial charge in [-0.05, 0) is 50.4 Å². The van der Waals surface area contributed by atoms with Crippen molar-refractivity contribution in [3.63, 3.8) is 0 Å². The maximum absolute atomic E-state index is 12.8. The Hall–Kier alpha value is -2.70. The number of aromatic amines is 1. The summed E-state index contributed by atoms with van der Waals surface area (Å²) < 4.78 is 2.26. The van der Waals surface area contributed by atoms with Crippen LogP contribution in [0.1, 0.15) is 16.1 Å². The Balaban J connectivity index is 1.73. The fourth-order valence-corrected chi connectivity index (χ4v) is 3.26. The Labute approximate surface area is 164 Å². The largest absolute Gasteiger partial charge is 0.349 e. The van der Waals surface area contributed by atoms with E-state index in [9.17, 15) is 4.79 Å². The second kappa shape index (κ2) is 8.79. The number of hydrogen-bond donors (Lipinski definition) is 2. The lowest BCUT2D eigenvalue weighted by Crippen LogP contribution is -2.42. The zero-order chi connectivity index (χ0) is 19.2. The molecule has 140 valence electrons. The molecule has 0 aliphatic rings. The van der Waals surface area contributed by atoms with E-state index in [1.54, 1.807) is 10.8 Å². The first-order valence-corrected chi connectivity index (χ1v) is 9.31. The van der Waals surface area contributed by atoms with Crippen LogP contribution in [0.4, 0.5) is 0 Å². The zero-order valence-corrected chi connectivity index (χ0v) is 16.4. The van der Waals surface area contributed by atoms with Crippen LogP contribution in [0.15, 0.2) is 66.9 Å². The van der Waals surface area contributed by atoms with E-state index < -0.39 is 0 Å². The Morgan fingerprint density at radius 2 is 1.74 bits per heavy atom. The van der Waals surface area contributed by atoms with Crippen LogP contribution < -0.4 is 5.32 Å². The van der Waals surface area contributed by atoms with E-state index in [2.05, 4.69) is 27.3 Å². The molecule has 0 saturated heterocycles. The Morgan fingerprint density at radius 3 is 2.37 bits per heavy atom.